The number of carbonyl (C=O) groups excluding carboxylic acids is 1. The van der Waals surface area contributed by atoms with Gasteiger partial charge in [0, 0.05) is 23.9 Å². The molecule has 2 heterocycles. The fourth-order valence-electron chi connectivity index (χ4n) is 2.93. The second kappa shape index (κ2) is 5.97. The minimum atomic E-state index is -0.959. The molecule has 0 aliphatic carbocycles. The van der Waals surface area contributed by atoms with E-state index in [1.54, 1.807) is 0 Å². The molecule has 0 bridgehead atoms. The van der Waals surface area contributed by atoms with Crippen LogP contribution < -0.4 is 10.2 Å². The number of fused-ring (bicyclic) bond motifs is 1. The average Bonchev–Trinajstić information content (AvgIpc) is 2.88. The van der Waals surface area contributed by atoms with Crippen molar-refractivity contribution in [1.29, 1.82) is 0 Å². The predicted octanol–water partition coefficient (Wildman–Crippen LogP) is 2.11. The van der Waals surface area contributed by atoms with Crippen molar-refractivity contribution in [2.75, 3.05) is 16.4 Å². The highest BCUT2D eigenvalue weighted by Crippen LogP contribution is 2.32. The summed E-state index contributed by atoms with van der Waals surface area (Å²) in [5.41, 5.74) is 1.63. The molecule has 1 aromatic rings. The molecule has 1 unspecified atom stereocenters. The normalized spacial score (nSPS) is 24.5. The van der Waals surface area contributed by atoms with Gasteiger partial charge >= 0.3 is 12.0 Å². The van der Waals surface area contributed by atoms with Gasteiger partial charge in [0.1, 0.15) is 6.04 Å². The molecule has 0 radical (unpaired) electrons. The summed E-state index contributed by atoms with van der Waals surface area (Å²) in [6.07, 6.45) is 2.43. The van der Waals surface area contributed by atoms with Crippen molar-refractivity contribution in [1.82, 2.24) is 5.32 Å². The SMILES string of the molecule is O=C(O)[C@@H]1Cc2ccccc2N1C(=O)NC1CCCSC1. The number of carboxylic acids is 1. The summed E-state index contributed by atoms with van der Waals surface area (Å²) >= 11 is 1.83. The summed E-state index contributed by atoms with van der Waals surface area (Å²) in [5, 5.41) is 12.4. The maximum atomic E-state index is 12.5. The highest BCUT2D eigenvalue weighted by atomic mass is 32.2. The number of para-hydroxylation sites is 1. The third-order valence-electron chi connectivity index (χ3n) is 3.97. The number of aliphatic carboxylic acids is 1. The molecule has 1 aromatic carbocycles. The molecule has 1 saturated heterocycles. The maximum Gasteiger partial charge on any atom is 0.327 e. The van der Waals surface area contributed by atoms with Crippen LogP contribution >= 0.6 is 11.8 Å². The molecular weight excluding hydrogens is 288 g/mol. The topological polar surface area (TPSA) is 69.6 Å². The summed E-state index contributed by atoms with van der Waals surface area (Å²) in [6, 6.07) is 6.44. The van der Waals surface area contributed by atoms with Crippen molar-refractivity contribution in [2.24, 2.45) is 0 Å². The summed E-state index contributed by atoms with van der Waals surface area (Å²) in [5.74, 6) is 1.08. The molecule has 0 spiro atoms. The summed E-state index contributed by atoms with van der Waals surface area (Å²) in [4.78, 5) is 25.4. The maximum absolute atomic E-state index is 12.5. The molecular formula is C15H18N2O3S. The Morgan fingerprint density at radius 1 is 1.33 bits per heavy atom. The number of carbonyl (C=O) groups is 2. The number of nitrogens with zero attached hydrogens (tertiary/aromatic N) is 1. The lowest BCUT2D eigenvalue weighted by Gasteiger charge is -2.28. The zero-order valence-electron chi connectivity index (χ0n) is 11.6. The van der Waals surface area contributed by atoms with Crippen LogP contribution in [0, 0.1) is 0 Å². The molecule has 0 aromatic heterocycles. The monoisotopic (exact) mass is 306 g/mol. The van der Waals surface area contributed by atoms with Crippen LogP contribution in [0.25, 0.3) is 0 Å². The van der Waals surface area contributed by atoms with E-state index < -0.39 is 12.0 Å². The Balaban J connectivity index is 1.80. The number of carboxylic acid groups (broad SMARTS) is 1. The van der Waals surface area contributed by atoms with Gasteiger partial charge in [0.15, 0.2) is 0 Å². The molecule has 0 saturated carbocycles. The van der Waals surface area contributed by atoms with E-state index in [2.05, 4.69) is 5.32 Å². The van der Waals surface area contributed by atoms with Crippen molar-refractivity contribution in [3.05, 3.63) is 29.8 Å². The largest absolute Gasteiger partial charge is 0.480 e. The molecule has 3 rings (SSSR count). The summed E-state index contributed by atoms with van der Waals surface area (Å²) in [6.45, 7) is 0. The van der Waals surface area contributed by atoms with Gasteiger partial charge in [-0.2, -0.15) is 11.8 Å². The lowest BCUT2D eigenvalue weighted by atomic mass is 10.1. The first kappa shape index (κ1) is 14.3. The Labute approximate surface area is 127 Å². The standard InChI is InChI=1S/C15H18N2O3S/c18-14(19)13-8-10-4-1-2-6-12(10)17(13)15(20)16-11-5-3-7-21-9-11/h1-2,4,6,11,13H,3,5,7-9H2,(H,16,20)(H,18,19)/t11?,13-/m0/s1. The Kier molecular flexibility index (Phi) is 4.05. The average molecular weight is 306 g/mol. The first-order valence-electron chi connectivity index (χ1n) is 7.15. The zero-order chi connectivity index (χ0) is 14.8. The molecule has 1 fully saturated rings. The minimum Gasteiger partial charge on any atom is -0.480 e. The molecule has 2 aliphatic heterocycles. The molecule has 2 atom stereocenters. The Morgan fingerprint density at radius 3 is 2.86 bits per heavy atom. The molecule has 2 aliphatic rings. The highest BCUT2D eigenvalue weighted by molar-refractivity contribution is 7.99. The first-order valence-corrected chi connectivity index (χ1v) is 8.30. The van der Waals surface area contributed by atoms with Crippen molar-refractivity contribution < 1.29 is 14.7 Å². The van der Waals surface area contributed by atoms with E-state index in [-0.39, 0.29) is 12.1 Å². The van der Waals surface area contributed by atoms with Gasteiger partial charge in [-0.05, 0) is 30.2 Å². The summed E-state index contributed by atoms with van der Waals surface area (Å²) < 4.78 is 0. The van der Waals surface area contributed by atoms with Crippen LogP contribution in [0.3, 0.4) is 0 Å². The molecule has 2 amide bonds. The van der Waals surface area contributed by atoms with Gasteiger partial charge in [-0.1, -0.05) is 18.2 Å². The number of benzene rings is 1. The van der Waals surface area contributed by atoms with Gasteiger partial charge in [0.25, 0.3) is 0 Å². The Bertz CT molecular complexity index is 558. The van der Waals surface area contributed by atoms with Crippen LogP contribution in [0.4, 0.5) is 10.5 Å². The molecule has 21 heavy (non-hydrogen) atoms. The van der Waals surface area contributed by atoms with Crippen molar-refractivity contribution >= 4 is 29.4 Å². The third-order valence-corrected chi connectivity index (χ3v) is 5.18. The number of anilines is 1. The molecule has 5 nitrogen and oxygen atoms in total. The van der Waals surface area contributed by atoms with Gasteiger partial charge < -0.3 is 10.4 Å². The Morgan fingerprint density at radius 2 is 2.14 bits per heavy atom. The second-order valence-electron chi connectivity index (χ2n) is 5.42. The minimum absolute atomic E-state index is 0.137. The second-order valence-corrected chi connectivity index (χ2v) is 6.57. The van der Waals surface area contributed by atoms with Gasteiger partial charge in [0.2, 0.25) is 0 Å². The number of hydrogen-bond donors (Lipinski definition) is 2. The van der Waals surface area contributed by atoms with Gasteiger partial charge in [-0.25, -0.2) is 9.59 Å². The van der Waals surface area contributed by atoms with E-state index in [4.69, 9.17) is 0 Å². The lowest BCUT2D eigenvalue weighted by molar-refractivity contribution is -0.138. The number of thioether (sulfide) groups is 1. The van der Waals surface area contributed by atoms with Gasteiger partial charge in [0.05, 0.1) is 0 Å². The number of hydrogen-bond acceptors (Lipinski definition) is 3. The summed E-state index contributed by atoms with van der Waals surface area (Å²) in [7, 11) is 0. The first-order chi connectivity index (χ1) is 10.2. The van der Waals surface area contributed by atoms with Crippen molar-refractivity contribution in [3.8, 4) is 0 Å². The van der Waals surface area contributed by atoms with Gasteiger partial charge in [-0.3, -0.25) is 4.90 Å². The van der Waals surface area contributed by atoms with E-state index in [0.29, 0.717) is 12.1 Å². The van der Waals surface area contributed by atoms with Crippen LogP contribution in [0.5, 0.6) is 0 Å². The van der Waals surface area contributed by atoms with Crippen LogP contribution in [-0.2, 0) is 11.2 Å². The quantitative estimate of drug-likeness (QED) is 0.878. The fourth-order valence-corrected chi connectivity index (χ4v) is 4.01. The smallest absolute Gasteiger partial charge is 0.327 e. The number of rotatable bonds is 2. The molecule has 2 N–H and O–H groups in total. The van der Waals surface area contributed by atoms with Crippen LogP contribution in [0.15, 0.2) is 24.3 Å². The number of urea groups is 1. The highest BCUT2D eigenvalue weighted by Gasteiger charge is 2.38. The van der Waals surface area contributed by atoms with Crippen LogP contribution in [0.1, 0.15) is 18.4 Å². The van der Waals surface area contributed by atoms with Crippen LogP contribution in [0.2, 0.25) is 0 Å². The third kappa shape index (κ3) is 2.85. The number of nitrogens with one attached hydrogen (secondary N) is 1. The van der Waals surface area contributed by atoms with Crippen molar-refractivity contribution in [2.45, 2.75) is 31.3 Å². The van der Waals surface area contributed by atoms with Crippen LogP contribution in [-0.4, -0.2) is 40.7 Å². The molecule has 112 valence electrons. The predicted molar refractivity (Wildman–Crippen MR) is 82.9 cm³/mol. The fraction of sp³-hybridized carbons (Fsp3) is 0.467. The van der Waals surface area contributed by atoms with E-state index in [9.17, 15) is 14.7 Å². The lowest BCUT2D eigenvalue weighted by Crippen LogP contribution is -2.51. The molecule has 6 heteroatoms. The van der Waals surface area contributed by atoms with Crippen molar-refractivity contribution in [3.63, 3.8) is 0 Å². The zero-order valence-corrected chi connectivity index (χ0v) is 12.4. The Hall–Kier alpha value is -1.69. The van der Waals surface area contributed by atoms with Gasteiger partial charge in [-0.15, -0.1) is 0 Å². The number of amides is 2. The van der Waals surface area contributed by atoms with E-state index in [0.717, 1.165) is 29.9 Å². The van der Waals surface area contributed by atoms with E-state index in [1.165, 1.54) is 4.90 Å². The van der Waals surface area contributed by atoms with E-state index in [1.807, 2.05) is 36.0 Å². The van der Waals surface area contributed by atoms with E-state index >= 15 is 0 Å².